The Hall–Kier alpha value is -2.61. The zero-order valence-electron chi connectivity index (χ0n) is 17.9. The molecule has 0 radical (unpaired) electrons. The first-order chi connectivity index (χ1) is 15.0. The minimum atomic E-state index is -0.311. The van der Waals surface area contributed by atoms with Gasteiger partial charge in [0.2, 0.25) is 5.89 Å². The summed E-state index contributed by atoms with van der Waals surface area (Å²) < 4.78 is 16.6. The van der Waals surface area contributed by atoms with Gasteiger partial charge in [0.1, 0.15) is 5.76 Å². The summed E-state index contributed by atoms with van der Waals surface area (Å²) in [5.74, 6) is 1.35. The fourth-order valence-electron chi connectivity index (χ4n) is 2.76. The molecular formula is C22H25Cl2N3O4. The van der Waals surface area contributed by atoms with Crippen molar-refractivity contribution in [2.75, 3.05) is 13.7 Å². The predicted molar refractivity (Wildman–Crippen MR) is 121 cm³/mol. The Kier molecular flexibility index (Phi) is 9.30. The van der Waals surface area contributed by atoms with Crippen molar-refractivity contribution in [1.82, 2.24) is 9.97 Å². The van der Waals surface area contributed by atoms with Gasteiger partial charge in [-0.25, -0.2) is 4.98 Å². The van der Waals surface area contributed by atoms with Crippen molar-refractivity contribution >= 4 is 29.0 Å². The van der Waals surface area contributed by atoms with Crippen molar-refractivity contribution in [2.45, 2.75) is 33.7 Å². The van der Waals surface area contributed by atoms with E-state index >= 15 is 0 Å². The van der Waals surface area contributed by atoms with Crippen LogP contribution in [0.3, 0.4) is 0 Å². The number of hydrogen-bond acceptors (Lipinski definition) is 7. The second-order valence-corrected chi connectivity index (χ2v) is 6.79. The van der Waals surface area contributed by atoms with Crippen LogP contribution in [0.4, 0.5) is 0 Å². The first kappa shape index (κ1) is 24.7. The molecule has 0 amide bonds. The summed E-state index contributed by atoms with van der Waals surface area (Å²) in [7, 11) is 1.56. The zero-order valence-corrected chi connectivity index (χ0v) is 19.4. The lowest BCUT2D eigenvalue weighted by Crippen LogP contribution is -2.10. The average molecular weight is 466 g/mol. The molecule has 0 saturated heterocycles. The fraction of sp³-hybridized carbons (Fsp3) is 0.318. The van der Waals surface area contributed by atoms with Crippen LogP contribution in [0.1, 0.15) is 42.6 Å². The van der Waals surface area contributed by atoms with Crippen molar-refractivity contribution in [3.05, 3.63) is 57.7 Å². The maximum absolute atomic E-state index is 12.9. The number of benzene rings is 1. The van der Waals surface area contributed by atoms with Gasteiger partial charge in [0, 0.05) is 29.9 Å². The number of ether oxygens (including phenoxy) is 2. The summed E-state index contributed by atoms with van der Waals surface area (Å²) >= 11 is 12.2. The van der Waals surface area contributed by atoms with Gasteiger partial charge in [0.15, 0.2) is 23.0 Å². The number of oxazole rings is 1. The summed E-state index contributed by atoms with van der Waals surface area (Å²) in [5.41, 5.74) is 7.01. The molecule has 0 unspecified atom stereocenters. The number of carbonyl (C=O) groups is 1. The van der Waals surface area contributed by atoms with Gasteiger partial charge in [0.25, 0.3) is 0 Å². The van der Waals surface area contributed by atoms with E-state index in [9.17, 15) is 4.79 Å². The standard InChI is InChI=1S/C20H19Cl2N3O4.C2H6/c1-3-28-17-6-11(4-5-16(17)27-2)20-25-19(18(8-23)29-20)15(26)7-12-13(21)9-24-10-14(12)22;1-2/h4-6,9-10H,3,7-8,23H2,1-2H3;1-2H3. The number of pyridine rings is 1. The van der Waals surface area contributed by atoms with E-state index in [-0.39, 0.29) is 36.1 Å². The molecular weight excluding hydrogens is 441 g/mol. The van der Waals surface area contributed by atoms with Crippen molar-refractivity contribution in [3.63, 3.8) is 0 Å². The Morgan fingerprint density at radius 3 is 2.42 bits per heavy atom. The van der Waals surface area contributed by atoms with Gasteiger partial charge >= 0.3 is 0 Å². The molecule has 0 spiro atoms. The van der Waals surface area contributed by atoms with Gasteiger partial charge in [-0.1, -0.05) is 37.0 Å². The molecule has 0 aliphatic rings. The number of Topliss-reactive ketones (excluding diaryl/α,β-unsaturated/α-hetero) is 1. The Balaban J connectivity index is 0.00000166. The maximum atomic E-state index is 12.9. The van der Waals surface area contributed by atoms with Crippen LogP contribution >= 0.6 is 23.2 Å². The van der Waals surface area contributed by atoms with Crippen molar-refractivity contribution < 1.29 is 18.7 Å². The monoisotopic (exact) mass is 465 g/mol. The topological polar surface area (TPSA) is 100 Å². The van der Waals surface area contributed by atoms with E-state index in [4.69, 9.17) is 42.8 Å². The number of methoxy groups -OCH3 is 1. The summed E-state index contributed by atoms with van der Waals surface area (Å²) in [4.78, 5) is 21.1. The van der Waals surface area contributed by atoms with Gasteiger partial charge in [-0.3, -0.25) is 9.78 Å². The van der Waals surface area contributed by atoms with Crippen LogP contribution in [0, 0.1) is 0 Å². The SMILES string of the molecule is CC.CCOc1cc(-c2nc(C(=O)Cc3c(Cl)cncc3Cl)c(CN)o2)ccc1OC. The second kappa shape index (κ2) is 11.7. The van der Waals surface area contributed by atoms with Gasteiger partial charge in [0.05, 0.1) is 30.3 Å². The summed E-state index contributed by atoms with van der Waals surface area (Å²) in [6, 6.07) is 5.24. The number of nitrogens with two attached hydrogens (primary N) is 1. The van der Waals surface area contributed by atoms with E-state index < -0.39 is 0 Å². The number of halogens is 2. The zero-order chi connectivity index (χ0) is 23.0. The minimum Gasteiger partial charge on any atom is -0.493 e. The molecule has 31 heavy (non-hydrogen) atoms. The Labute approximate surface area is 191 Å². The lowest BCUT2D eigenvalue weighted by atomic mass is 10.1. The highest BCUT2D eigenvalue weighted by molar-refractivity contribution is 6.36. The minimum absolute atomic E-state index is 0.0142. The van der Waals surface area contributed by atoms with E-state index in [1.165, 1.54) is 12.4 Å². The highest BCUT2D eigenvalue weighted by Crippen LogP contribution is 2.33. The van der Waals surface area contributed by atoms with Crippen LogP contribution in [0.5, 0.6) is 11.5 Å². The second-order valence-electron chi connectivity index (χ2n) is 5.98. The summed E-state index contributed by atoms with van der Waals surface area (Å²) in [6.45, 7) is 6.35. The van der Waals surface area contributed by atoms with E-state index in [0.717, 1.165) is 0 Å². The van der Waals surface area contributed by atoms with Crippen molar-refractivity contribution in [1.29, 1.82) is 0 Å². The van der Waals surface area contributed by atoms with Crippen LogP contribution < -0.4 is 15.2 Å². The van der Waals surface area contributed by atoms with Gasteiger partial charge in [-0.15, -0.1) is 0 Å². The Morgan fingerprint density at radius 1 is 1.16 bits per heavy atom. The molecule has 0 aliphatic carbocycles. The fourth-order valence-corrected chi connectivity index (χ4v) is 3.26. The van der Waals surface area contributed by atoms with E-state index in [1.54, 1.807) is 25.3 Å². The third-order valence-corrected chi connectivity index (χ3v) is 4.80. The van der Waals surface area contributed by atoms with E-state index in [0.29, 0.717) is 39.3 Å². The normalized spacial score (nSPS) is 10.3. The van der Waals surface area contributed by atoms with Gasteiger partial charge < -0.3 is 19.6 Å². The molecule has 2 aromatic heterocycles. The van der Waals surface area contributed by atoms with Crippen LogP contribution in [0.25, 0.3) is 11.5 Å². The molecule has 3 rings (SSSR count). The maximum Gasteiger partial charge on any atom is 0.227 e. The van der Waals surface area contributed by atoms with Gasteiger partial charge in [-0.2, -0.15) is 0 Å². The molecule has 2 heterocycles. The number of ketones is 1. The molecule has 0 atom stereocenters. The third kappa shape index (κ3) is 5.76. The molecule has 0 fully saturated rings. The third-order valence-electron chi connectivity index (χ3n) is 4.15. The first-order valence-electron chi connectivity index (χ1n) is 9.80. The highest BCUT2D eigenvalue weighted by atomic mass is 35.5. The Bertz CT molecular complexity index is 1020. The lowest BCUT2D eigenvalue weighted by molar-refractivity contribution is 0.0987. The Morgan fingerprint density at radius 2 is 1.84 bits per heavy atom. The highest BCUT2D eigenvalue weighted by Gasteiger charge is 2.22. The number of hydrogen-bond donors (Lipinski definition) is 1. The average Bonchev–Trinajstić information content (AvgIpc) is 3.22. The molecule has 0 saturated carbocycles. The summed E-state index contributed by atoms with van der Waals surface area (Å²) in [5, 5.41) is 0.612. The molecule has 2 N–H and O–H groups in total. The van der Waals surface area contributed by atoms with Crippen molar-refractivity contribution in [3.8, 4) is 23.0 Å². The molecule has 0 bridgehead atoms. The molecule has 1 aromatic carbocycles. The molecule has 3 aromatic rings. The molecule has 0 aliphatic heterocycles. The molecule has 9 heteroatoms. The van der Waals surface area contributed by atoms with Gasteiger partial charge in [-0.05, 0) is 25.1 Å². The summed E-state index contributed by atoms with van der Waals surface area (Å²) in [6.07, 6.45) is 2.81. The molecule has 166 valence electrons. The van der Waals surface area contributed by atoms with Crippen LogP contribution in [0.15, 0.2) is 35.0 Å². The van der Waals surface area contributed by atoms with Crippen LogP contribution in [-0.4, -0.2) is 29.5 Å². The number of rotatable bonds is 8. The van der Waals surface area contributed by atoms with E-state index in [2.05, 4.69) is 9.97 Å². The molecule has 7 nitrogen and oxygen atoms in total. The smallest absolute Gasteiger partial charge is 0.227 e. The number of aromatic nitrogens is 2. The predicted octanol–water partition coefficient (Wildman–Crippen LogP) is 5.36. The van der Waals surface area contributed by atoms with Crippen LogP contribution in [-0.2, 0) is 13.0 Å². The van der Waals surface area contributed by atoms with Crippen LogP contribution in [0.2, 0.25) is 10.0 Å². The quantitative estimate of drug-likeness (QED) is 0.446. The van der Waals surface area contributed by atoms with Crippen molar-refractivity contribution in [2.24, 2.45) is 5.73 Å². The van der Waals surface area contributed by atoms with E-state index in [1.807, 2.05) is 20.8 Å². The number of nitrogens with zero attached hydrogens (tertiary/aromatic N) is 2. The lowest BCUT2D eigenvalue weighted by Gasteiger charge is -2.09. The first-order valence-corrected chi connectivity index (χ1v) is 10.6. The largest absolute Gasteiger partial charge is 0.493 e. The number of carbonyl (C=O) groups excluding carboxylic acids is 1.